The molecule has 0 aromatic carbocycles. The maximum absolute atomic E-state index is 12.2. The first kappa shape index (κ1) is 10.5. The lowest BCUT2D eigenvalue weighted by atomic mass is 10.0. The molecule has 0 unspecified atom stereocenters. The van der Waals surface area contributed by atoms with E-state index in [9.17, 15) is 13.2 Å². The summed E-state index contributed by atoms with van der Waals surface area (Å²) in [7, 11) is 0. The number of halogens is 3. The minimum Gasteiger partial charge on any atom is -0.261 e. The zero-order chi connectivity index (χ0) is 11.1. The monoisotopic (exact) mass is 215 g/mol. The van der Waals surface area contributed by atoms with Crippen molar-refractivity contribution in [3.8, 4) is 0 Å². The van der Waals surface area contributed by atoms with Crippen molar-refractivity contribution in [3.63, 3.8) is 0 Å². The molecule has 4 heteroatoms. The number of pyridine rings is 1. The van der Waals surface area contributed by atoms with E-state index in [-0.39, 0.29) is 5.41 Å². The smallest absolute Gasteiger partial charge is 0.261 e. The van der Waals surface area contributed by atoms with Gasteiger partial charge in [0.15, 0.2) is 0 Å². The second kappa shape index (κ2) is 3.22. The first-order valence-corrected chi connectivity index (χ1v) is 4.91. The van der Waals surface area contributed by atoms with Crippen molar-refractivity contribution < 1.29 is 13.2 Å². The van der Waals surface area contributed by atoms with Gasteiger partial charge in [-0.3, -0.25) is 4.98 Å². The van der Waals surface area contributed by atoms with Crippen molar-refractivity contribution in [1.82, 2.24) is 4.98 Å². The van der Waals surface area contributed by atoms with Crippen molar-refractivity contribution in [2.24, 2.45) is 5.41 Å². The van der Waals surface area contributed by atoms with Crippen LogP contribution in [0.1, 0.15) is 31.0 Å². The van der Waals surface area contributed by atoms with Gasteiger partial charge in [0.05, 0.1) is 5.56 Å². The van der Waals surface area contributed by atoms with Gasteiger partial charge in [0, 0.05) is 11.9 Å². The average molecular weight is 215 g/mol. The van der Waals surface area contributed by atoms with E-state index in [0.717, 1.165) is 37.2 Å². The topological polar surface area (TPSA) is 12.9 Å². The molecule has 1 aromatic heterocycles. The fourth-order valence-corrected chi connectivity index (χ4v) is 1.52. The van der Waals surface area contributed by atoms with E-state index in [0.29, 0.717) is 0 Å². The SMILES string of the molecule is CC1(Cc2ccc(C(F)(F)F)cn2)CC1. The first-order chi connectivity index (χ1) is 6.89. The second-order valence-electron chi connectivity index (χ2n) is 4.52. The van der Waals surface area contributed by atoms with E-state index in [1.807, 2.05) is 0 Å². The van der Waals surface area contributed by atoms with Crippen molar-refractivity contribution in [2.45, 2.75) is 32.4 Å². The van der Waals surface area contributed by atoms with Gasteiger partial charge in [0.2, 0.25) is 0 Å². The summed E-state index contributed by atoms with van der Waals surface area (Å²) in [5.41, 5.74) is 0.363. The summed E-state index contributed by atoms with van der Waals surface area (Å²) in [4.78, 5) is 3.85. The molecule has 15 heavy (non-hydrogen) atoms. The highest BCUT2D eigenvalue weighted by Gasteiger charge is 2.37. The first-order valence-electron chi connectivity index (χ1n) is 4.91. The molecule has 0 bridgehead atoms. The van der Waals surface area contributed by atoms with Gasteiger partial charge in [0.25, 0.3) is 0 Å². The molecule has 0 atom stereocenters. The van der Waals surface area contributed by atoms with E-state index in [1.165, 1.54) is 6.07 Å². The normalized spacial score (nSPS) is 18.9. The average Bonchev–Trinajstić information content (AvgIpc) is 2.82. The highest BCUT2D eigenvalue weighted by atomic mass is 19.4. The van der Waals surface area contributed by atoms with Gasteiger partial charge in [-0.15, -0.1) is 0 Å². The molecule has 1 saturated carbocycles. The lowest BCUT2D eigenvalue weighted by Gasteiger charge is -2.09. The van der Waals surface area contributed by atoms with Crippen LogP contribution in [0.2, 0.25) is 0 Å². The highest BCUT2D eigenvalue weighted by molar-refractivity contribution is 5.18. The predicted molar refractivity (Wildman–Crippen MR) is 50.3 cm³/mol. The third-order valence-electron chi connectivity index (χ3n) is 2.86. The van der Waals surface area contributed by atoms with Gasteiger partial charge < -0.3 is 0 Å². The number of hydrogen-bond donors (Lipinski definition) is 0. The van der Waals surface area contributed by atoms with E-state index in [2.05, 4.69) is 11.9 Å². The number of nitrogens with zero attached hydrogens (tertiary/aromatic N) is 1. The Hall–Kier alpha value is -1.06. The predicted octanol–water partition coefficient (Wildman–Crippen LogP) is 3.44. The summed E-state index contributed by atoms with van der Waals surface area (Å²) in [6, 6.07) is 2.58. The maximum Gasteiger partial charge on any atom is 0.417 e. The second-order valence-corrected chi connectivity index (χ2v) is 4.52. The molecule has 1 nitrogen and oxygen atoms in total. The lowest BCUT2D eigenvalue weighted by Crippen LogP contribution is -2.07. The minimum atomic E-state index is -4.28. The van der Waals surface area contributed by atoms with Crippen LogP contribution < -0.4 is 0 Å². The van der Waals surface area contributed by atoms with Crippen LogP contribution in [0, 0.1) is 5.41 Å². The Morgan fingerprint density at radius 1 is 1.33 bits per heavy atom. The van der Waals surface area contributed by atoms with Gasteiger partial charge >= 0.3 is 6.18 Å². The summed E-state index contributed by atoms with van der Waals surface area (Å²) in [5, 5.41) is 0. The molecule has 0 amide bonds. The Bertz CT molecular complexity index is 349. The molecule has 0 aliphatic heterocycles. The molecule has 1 fully saturated rings. The molecule has 1 aliphatic carbocycles. The molecule has 1 heterocycles. The number of alkyl halides is 3. The molecule has 0 radical (unpaired) electrons. The molecule has 0 saturated heterocycles. The number of aromatic nitrogens is 1. The van der Waals surface area contributed by atoms with Gasteiger partial charge in [0.1, 0.15) is 0 Å². The van der Waals surface area contributed by atoms with E-state index in [4.69, 9.17) is 0 Å². The number of rotatable bonds is 2. The molecule has 0 spiro atoms. The molecular formula is C11H12F3N. The van der Waals surface area contributed by atoms with Crippen LogP contribution in [0.3, 0.4) is 0 Å². The Morgan fingerprint density at radius 2 is 2.00 bits per heavy atom. The Morgan fingerprint density at radius 3 is 2.40 bits per heavy atom. The Kier molecular flexibility index (Phi) is 2.24. The van der Waals surface area contributed by atoms with E-state index >= 15 is 0 Å². The van der Waals surface area contributed by atoms with E-state index < -0.39 is 11.7 Å². The Labute approximate surface area is 86.3 Å². The fourth-order valence-electron chi connectivity index (χ4n) is 1.52. The quantitative estimate of drug-likeness (QED) is 0.736. The minimum absolute atomic E-state index is 0.284. The summed E-state index contributed by atoms with van der Waals surface area (Å²) < 4.78 is 36.7. The molecular weight excluding hydrogens is 203 g/mol. The van der Waals surface area contributed by atoms with Crippen LogP contribution in [0.4, 0.5) is 13.2 Å². The summed E-state index contributed by atoms with van der Waals surface area (Å²) in [6.45, 7) is 2.13. The van der Waals surface area contributed by atoms with Gasteiger partial charge in [-0.25, -0.2) is 0 Å². The van der Waals surface area contributed by atoms with Crippen LogP contribution in [0.25, 0.3) is 0 Å². The highest BCUT2D eigenvalue weighted by Crippen LogP contribution is 2.47. The zero-order valence-electron chi connectivity index (χ0n) is 8.43. The van der Waals surface area contributed by atoms with Gasteiger partial charge in [-0.05, 0) is 36.8 Å². The third-order valence-corrected chi connectivity index (χ3v) is 2.86. The van der Waals surface area contributed by atoms with Crippen LogP contribution in [0.5, 0.6) is 0 Å². The van der Waals surface area contributed by atoms with Crippen LogP contribution in [-0.2, 0) is 12.6 Å². The molecule has 1 aromatic rings. The largest absolute Gasteiger partial charge is 0.417 e. The van der Waals surface area contributed by atoms with Crippen LogP contribution >= 0.6 is 0 Å². The van der Waals surface area contributed by atoms with Crippen molar-refractivity contribution in [1.29, 1.82) is 0 Å². The van der Waals surface area contributed by atoms with Crippen molar-refractivity contribution in [3.05, 3.63) is 29.6 Å². The molecule has 1 aliphatic rings. The van der Waals surface area contributed by atoms with Crippen LogP contribution in [-0.4, -0.2) is 4.98 Å². The standard InChI is InChI=1S/C11H12F3N/c1-10(4-5-10)6-9-3-2-8(7-15-9)11(12,13)14/h2-3,7H,4-6H2,1H3. The fraction of sp³-hybridized carbons (Fsp3) is 0.545. The van der Waals surface area contributed by atoms with Crippen LogP contribution in [0.15, 0.2) is 18.3 Å². The molecule has 2 rings (SSSR count). The summed E-state index contributed by atoms with van der Waals surface area (Å²) in [5.74, 6) is 0. The van der Waals surface area contributed by atoms with Crippen molar-refractivity contribution in [2.75, 3.05) is 0 Å². The van der Waals surface area contributed by atoms with Gasteiger partial charge in [-0.1, -0.05) is 6.92 Å². The van der Waals surface area contributed by atoms with Crippen molar-refractivity contribution >= 4 is 0 Å². The van der Waals surface area contributed by atoms with E-state index in [1.54, 1.807) is 0 Å². The summed E-state index contributed by atoms with van der Waals surface area (Å²) >= 11 is 0. The molecule has 0 N–H and O–H groups in total. The number of hydrogen-bond acceptors (Lipinski definition) is 1. The summed E-state index contributed by atoms with van der Waals surface area (Å²) in [6.07, 6.45) is -0.285. The maximum atomic E-state index is 12.2. The van der Waals surface area contributed by atoms with Gasteiger partial charge in [-0.2, -0.15) is 13.2 Å². The third kappa shape index (κ3) is 2.49. The zero-order valence-corrected chi connectivity index (χ0v) is 8.43. The Balaban J connectivity index is 2.10. The lowest BCUT2D eigenvalue weighted by molar-refractivity contribution is -0.137. The molecule has 82 valence electrons.